The van der Waals surface area contributed by atoms with Crippen molar-refractivity contribution in [3.05, 3.63) is 0 Å². The highest BCUT2D eigenvalue weighted by Crippen LogP contribution is 1.89. The molecule has 1 heterocycles. The Kier molecular flexibility index (Phi) is 1.14. The molecule has 1 atom stereocenters. The summed E-state index contributed by atoms with van der Waals surface area (Å²) in [6, 6.07) is 1.94. The fourth-order valence-electron chi connectivity index (χ4n) is 0.488. The van der Waals surface area contributed by atoms with Gasteiger partial charge in [-0.25, -0.2) is 4.99 Å². The van der Waals surface area contributed by atoms with Crippen LogP contribution < -0.4 is 5.43 Å². The lowest BCUT2D eigenvalue weighted by atomic mass is 10.6. The summed E-state index contributed by atoms with van der Waals surface area (Å²) in [5.41, 5.74) is 2.75. The van der Waals surface area contributed by atoms with E-state index in [0.29, 0.717) is 0 Å². The molecule has 0 spiro atoms. The average molecular weight is 110 g/mol. The summed E-state index contributed by atoms with van der Waals surface area (Å²) in [7, 11) is 1.79. The monoisotopic (exact) mass is 110 g/mol. The topological polar surface area (TPSA) is 51.4 Å². The number of nitrogens with zero attached hydrogens (tertiary/aromatic N) is 3. The number of hydrazine groups is 1. The molecule has 0 radical (unpaired) electrons. The van der Waals surface area contributed by atoms with Crippen LogP contribution in [0.1, 0.15) is 0 Å². The predicted molar refractivity (Wildman–Crippen MR) is 28.8 cm³/mol. The summed E-state index contributed by atoms with van der Waals surface area (Å²) in [5, 5.41) is 9.88. The third kappa shape index (κ3) is 0.768. The van der Waals surface area contributed by atoms with E-state index in [1.54, 1.807) is 18.4 Å². The van der Waals surface area contributed by atoms with Crippen LogP contribution in [0, 0.1) is 11.3 Å². The van der Waals surface area contributed by atoms with E-state index in [0.717, 1.165) is 0 Å². The second-order valence-corrected chi connectivity index (χ2v) is 1.54. The summed E-state index contributed by atoms with van der Waals surface area (Å²) < 4.78 is 0. The highest BCUT2D eigenvalue weighted by molar-refractivity contribution is 5.56. The normalized spacial score (nSPS) is 26.0. The molecule has 0 aliphatic carbocycles. The van der Waals surface area contributed by atoms with Crippen LogP contribution in [0.4, 0.5) is 0 Å². The van der Waals surface area contributed by atoms with Crippen LogP contribution >= 0.6 is 0 Å². The van der Waals surface area contributed by atoms with Crippen LogP contribution in [0.15, 0.2) is 4.99 Å². The lowest BCUT2D eigenvalue weighted by molar-refractivity contribution is 0.388. The van der Waals surface area contributed by atoms with Gasteiger partial charge in [0.1, 0.15) is 12.4 Å². The van der Waals surface area contributed by atoms with E-state index in [9.17, 15) is 0 Å². The number of hydrogen-bond acceptors (Lipinski definition) is 4. The van der Waals surface area contributed by atoms with Crippen LogP contribution in [0.25, 0.3) is 0 Å². The van der Waals surface area contributed by atoms with Crippen molar-refractivity contribution in [3.63, 3.8) is 0 Å². The highest BCUT2D eigenvalue weighted by Gasteiger charge is 2.09. The molecule has 4 nitrogen and oxygen atoms in total. The number of rotatable bonds is 0. The zero-order chi connectivity index (χ0) is 5.98. The molecule has 1 aliphatic heterocycles. The molecule has 1 aliphatic rings. The number of nitrogens with one attached hydrogen (secondary N) is 1. The fourth-order valence-corrected chi connectivity index (χ4v) is 0.488. The molecule has 0 aromatic rings. The number of hydrogen-bond donors (Lipinski definition) is 1. The molecule has 1 N–H and O–H groups in total. The second-order valence-electron chi connectivity index (χ2n) is 1.54. The Morgan fingerprint density at radius 1 is 2.00 bits per heavy atom. The molecule has 1 unspecified atom stereocenters. The molecule has 4 heteroatoms. The van der Waals surface area contributed by atoms with E-state index >= 15 is 0 Å². The van der Waals surface area contributed by atoms with Crippen molar-refractivity contribution in [2.75, 3.05) is 7.05 Å². The Balaban J connectivity index is 2.49. The number of aliphatic imine (C=N–C) groups is 1. The predicted octanol–water partition coefficient (Wildman–Crippen LogP) is -0.686. The molecular formula is C4H6N4. The molecule has 0 aromatic carbocycles. The van der Waals surface area contributed by atoms with Crippen molar-refractivity contribution in [1.82, 2.24) is 10.4 Å². The summed E-state index contributed by atoms with van der Waals surface area (Å²) in [5.74, 6) is 0. The zero-order valence-corrected chi connectivity index (χ0v) is 4.50. The quantitative estimate of drug-likeness (QED) is 0.449. The van der Waals surface area contributed by atoms with Crippen LogP contribution in [0.3, 0.4) is 0 Å². The summed E-state index contributed by atoms with van der Waals surface area (Å²) in [6.07, 6.45) is 1.20. The van der Waals surface area contributed by atoms with Crippen molar-refractivity contribution in [2.24, 2.45) is 4.99 Å². The van der Waals surface area contributed by atoms with Crippen molar-refractivity contribution in [2.45, 2.75) is 6.17 Å². The maximum Gasteiger partial charge on any atom is 0.205 e. The van der Waals surface area contributed by atoms with Gasteiger partial charge in [0.2, 0.25) is 6.17 Å². The van der Waals surface area contributed by atoms with Crippen molar-refractivity contribution in [3.8, 4) is 6.07 Å². The van der Waals surface area contributed by atoms with E-state index in [2.05, 4.69) is 10.4 Å². The van der Waals surface area contributed by atoms with Gasteiger partial charge in [-0.2, -0.15) is 10.7 Å². The molecule has 0 saturated heterocycles. The maximum absolute atomic E-state index is 8.23. The smallest absolute Gasteiger partial charge is 0.205 e. The minimum atomic E-state index is -0.375. The Hall–Kier alpha value is -1.08. The van der Waals surface area contributed by atoms with Gasteiger partial charge in [-0.15, -0.1) is 0 Å². The van der Waals surface area contributed by atoms with E-state index in [4.69, 9.17) is 5.26 Å². The molecule has 1 rings (SSSR count). The third-order valence-corrected chi connectivity index (χ3v) is 0.837. The van der Waals surface area contributed by atoms with Crippen LogP contribution in [0.2, 0.25) is 0 Å². The molecule has 0 bridgehead atoms. The van der Waals surface area contributed by atoms with Gasteiger partial charge in [0.15, 0.2) is 0 Å². The molecule has 0 amide bonds. The van der Waals surface area contributed by atoms with E-state index in [1.807, 2.05) is 6.07 Å². The minimum absolute atomic E-state index is 0.375. The number of nitriles is 1. The SMILES string of the molecule is CN1C=NC(C#N)N1. The molecule has 0 fully saturated rings. The zero-order valence-electron chi connectivity index (χ0n) is 4.50. The first-order valence-electron chi connectivity index (χ1n) is 2.25. The van der Waals surface area contributed by atoms with Gasteiger partial charge in [0.05, 0.1) is 0 Å². The Labute approximate surface area is 47.4 Å². The van der Waals surface area contributed by atoms with E-state index < -0.39 is 0 Å². The first kappa shape index (κ1) is 5.06. The second kappa shape index (κ2) is 1.80. The largest absolute Gasteiger partial charge is 0.299 e. The van der Waals surface area contributed by atoms with E-state index in [-0.39, 0.29) is 6.17 Å². The Morgan fingerprint density at radius 2 is 2.75 bits per heavy atom. The van der Waals surface area contributed by atoms with Crippen molar-refractivity contribution in [1.29, 1.82) is 5.26 Å². The van der Waals surface area contributed by atoms with E-state index in [1.165, 1.54) is 0 Å². The van der Waals surface area contributed by atoms with Crippen molar-refractivity contribution < 1.29 is 0 Å². The highest BCUT2D eigenvalue weighted by atomic mass is 15.6. The van der Waals surface area contributed by atoms with Gasteiger partial charge in [0, 0.05) is 7.05 Å². The first-order chi connectivity index (χ1) is 3.83. The standard InChI is InChI=1S/C4H6N4/c1-8-3-6-4(2-5)7-8/h3-4,7H,1H3. The molecule has 0 aromatic heterocycles. The average Bonchev–Trinajstić information content (AvgIpc) is 2.14. The molecular weight excluding hydrogens is 104 g/mol. The molecule has 0 saturated carbocycles. The minimum Gasteiger partial charge on any atom is -0.299 e. The lowest BCUT2D eigenvalue weighted by Crippen LogP contribution is -2.32. The first-order valence-corrected chi connectivity index (χ1v) is 2.25. The van der Waals surface area contributed by atoms with Gasteiger partial charge < -0.3 is 0 Å². The lowest BCUT2D eigenvalue weighted by Gasteiger charge is -2.05. The maximum atomic E-state index is 8.23. The summed E-state index contributed by atoms with van der Waals surface area (Å²) in [6.45, 7) is 0. The van der Waals surface area contributed by atoms with Gasteiger partial charge in [-0.1, -0.05) is 0 Å². The van der Waals surface area contributed by atoms with Gasteiger partial charge in [-0.3, -0.25) is 5.01 Å². The fraction of sp³-hybridized carbons (Fsp3) is 0.500. The Morgan fingerprint density at radius 3 is 3.00 bits per heavy atom. The van der Waals surface area contributed by atoms with Crippen LogP contribution in [-0.4, -0.2) is 24.6 Å². The van der Waals surface area contributed by atoms with Crippen LogP contribution in [0.5, 0.6) is 0 Å². The Bertz CT molecular complexity index is 145. The molecule has 42 valence electrons. The molecule has 8 heavy (non-hydrogen) atoms. The third-order valence-electron chi connectivity index (χ3n) is 0.837. The van der Waals surface area contributed by atoms with Gasteiger partial charge in [0.25, 0.3) is 0 Å². The van der Waals surface area contributed by atoms with Gasteiger partial charge >= 0.3 is 0 Å². The van der Waals surface area contributed by atoms with Gasteiger partial charge in [-0.05, 0) is 0 Å². The summed E-state index contributed by atoms with van der Waals surface area (Å²) in [4.78, 5) is 3.76. The summed E-state index contributed by atoms with van der Waals surface area (Å²) >= 11 is 0. The van der Waals surface area contributed by atoms with Crippen LogP contribution in [-0.2, 0) is 0 Å². The van der Waals surface area contributed by atoms with Crippen molar-refractivity contribution >= 4 is 6.34 Å².